The van der Waals surface area contributed by atoms with Crippen molar-refractivity contribution >= 4 is 5.95 Å². The number of likely N-dealkylation sites (tertiary alicyclic amines) is 1. The molecule has 2 aliphatic heterocycles. The van der Waals surface area contributed by atoms with E-state index in [1.54, 1.807) is 0 Å². The number of anilines is 1. The van der Waals surface area contributed by atoms with Gasteiger partial charge in [0.05, 0.1) is 0 Å². The summed E-state index contributed by atoms with van der Waals surface area (Å²) in [5.74, 6) is 2.49. The van der Waals surface area contributed by atoms with Crippen LogP contribution >= 0.6 is 0 Å². The average Bonchev–Trinajstić information content (AvgIpc) is 3.09. The van der Waals surface area contributed by atoms with Gasteiger partial charge in [-0.05, 0) is 48.9 Å². The van der Waals surface area contributed by atoms with Crippen molar-refractivity contribution in [2.24, 2.45) is 5.41 Å². The van der Waals surface area contributed by atoms with Gasteiger partial charge in [0, 0.05) is 45.1 Å². The average molecular weight is 368 g/mol. The van der Waals surface area contributed by atoms with Crippen molar-refractivity contribution in [1.82, 2.24) is 14.9 Å². The number of hydrogen-bond donors (Lipinski definition) is 0. The first-order chi connectivity index (χ1) is 13.0. The molecule has 27 heavy (non-hydrogen) atoms. The molecule has 0 unspecified atom stereocenters. The number of hydrogen-bond acceptors (Lipinski definition) is 6. The molecule has 3 heterocycles. The highest BCUT2D eigenvalue weighted by molar-refractivity contribution is 5.44. The van der Waals surface area contributed by atoms with Crippen LogP contribution in [0.5, 0.6) is 11.5 Å². The molecule has 0 aliphatic carbocycles. The van der Waals surface area contributed by atoms with Gasteiger partial charge < -0.3 is 14.4 Å². The van der Waals surface area contributed by atoms with Gasteiger partial charge in [-0.25, -0.2) is 9.97 Å². The van der Waals surface area contributed by atoms with Gasteiger partial charge in [0.2, 0.25) is 12.7 Å². The molecular formula is C21H28N4O2. The van der Waals surface area contributed by atoms with E-state index in [0.717, 1.165) is 43.5 Å². The van der Waals surface area contributed by atoms with Crippen LogP contribution in [-0.4, -0.2) is 48.8 Å². The fourth-order valence-electron chi connectivity index (χ4n) is 4.17. The van der Waals surface area contributed by atoms with Gasteiger partial charge in [-0.3, -0.25) is 4.90 Å². The number of fused-ring (bicyclic) bond motifs is 1. The number of rotatable bonds is 5. The maximum Gasteiger partial charge on any atom is 0.231 e. The molecule has 1 fully saturated rings. The van der Waals surface area contributed by atoms with E-state index in [4.69, 9.17) is 9.47 Å². The van der Waals surface area contributed by atoms with Crippen LogP contribution < -0.4 is 14.4 Å². The quantitative estimate of drug-likeness (QED) is 0.808. The summed E-state index contributed by atoms with van der Waals surface area (Å²) in [7, 11) is 3.92. The lowest BCUT2D eigenvalue weighted by molar-refractivity contribution is 0.0968. The third-order valence-corrected chi connectivity index (χ3v) is 5.43. The number of nitrogens with zero attached hydrogens (tertiary/aromatic N) is 4. The predicted molar refractivity (Wildman–Crippen MR) is 105 cm³/mol. The summed E-state index contributed by atoms with van der Waals surface area (Å²) in [5.41, 5.74) is 2.76. The molecule has 0 saturated carbocycles. The Morgan fingerprint density at radius 2 is 1.89 bits per heavy atom. The van der Waals surface area contributed by atoms with Crippen LogP contribution in [0.25, 0.3) is 0 Å². The van der Waals surface area contributed by atoms with E-state index < -0.39 is 0 Å². The van der Waals surface area contributed by atoms with E-state index in [0.29, 0.717) is 6.79 Å². The zero-order chi connectivity index (χ0) is 18.9. The Balaban J connectivity index is 1.40. The lowest BCUT2D eigenvalue weighted by atomic mass is 9.77. The van der Waals surface area contributed by atoms with Crippen LogP contribution in [0, 0.1) is 5.41 Å². The summed E-state index contributed by atoms with van der Waals surface area (Å²) >= 11 is 0. The van der Waals surface area contributed by atoms with Crippen LogP contribution in [0.4, 0.5) is 5.95 Å². The van der Waals surface area contributed by atoms with Gasteiger partial charge in [-0.2, -0.15) is 0 Å². The summed E-state index contributed by atoms with van der Waals surface area (Å²) in [5, 5.41) is 0. The number of aromatic nitrogens is 2. The molecule has 0 radical (unpaired) electrons. The highest BCUT2D eigenvalue weighted by atomic mass is 16.7. The monoisotopic (exact) mass is 368 g/mol. The summed E-state index contributed by atoms with van der Waals surface area (Å²) < 4.78 is 11.0. The maximum absolute atomic E-state index is 5.54. The molecule has 6 nitrogen and oxygen atoms in total. The number of benzene rings is 1. The lowest BCUT2D eigenvalue weighted by Crippen LogP contribution is -2.42. The van der Waals surface area contributed by atoms with Crippen molar-refractivity contribution in [2.75, 3.05) is 38.9 Å². The maximum atomic E-state index is 5.54. The van der Waals surface area contributed by atoms with E-state index >= 15 is 0 Å². The van der Waals surface area contributed by atoms with Crippen molar-refractivity contribution in [1.29, 1.82) is 0 Å². The molecule has 0 N–H and O–H groups in total. The molecule has 4 rings (SSSR count). The fourth-order valence-corrected chi connectivity index (χ4v) is 4.17. The second kappa shape index (κ2) is 7.35. The summed E-state index contributed by atoms with van der Waals surface area (Å²) in [6.07, 6.45) is 7.42. The van der Waals surface area contributed by atoms with Gasteiger partial charge in [0.15, 0.2) is 11.5 Å². The van der Waals surface area contributed by atoms with Crippen LogP contribution in [0.2, 0.25) is 0 Å². The zero-order valence-corrected chi connectivity index (χ0v) is 16.4. The minimum Gasteiger partial charge on any atom is -0.454 e. The van der Waals surface area contributed by atoms with Crippen LogP contribution in [0.3, 0.4) is 0 Å². The molecule has 2 aromatic rings. The third kappa shape index (κ3) is 4.16. The highest BCUT2D eigenvalue weighted by Crippen LogP contribution is 2.37. The first kappa shape index (κ1) is 18.0. The molecule has 0 amide bonds. The number of ether oxygens (including phenoxy) is 2. The van der Waals surface area contributed by atoms with Crippen molar-refractivity contribution in [3.8, 4) is 11.5 Å². The van der Waals surface area contributed by atoms with Crippen LogP contribution in [0.15, 0.2) is 30.6 Å². The normalized spacial score (nSPS) is 22.0. The molecule has 1 aromatic carbocycles. The van der Waals surface area contributed by atoms with E-state index in [2.05, 4.69) is 33.9 Å². The SMILES string of the molecule is CN(C)c1ncc(CN2CCC[C@@](C)(Cc3ccc4c(c3)OCO4)C2)cn1. The summed E-state index contributed by atoms with van der Waals surface area (Å²) in [4.78, 5) is 13.3. The van der Waals surface area contributed by atoms with E-state index in [1.165, 1.54) is 24.0 Å². The Kier molecular flexibility index (Phi) is 4.91. The largest absolute Gasteiger partial charge is 0.454 e. The zero-order valence-electron chi connectivity index (χ0n) is 16.4. The van der Waals surface area contributed by atoms with Crippen molar-refractivity contribution in [2.45, 2.75) is 32.7 Å². The molecule has 1 aromatic heterocycles. The van der Waals surface area contributed by atoms with Crippen molar-refractivity contribution in [3.05, 3.63) is 41.7 Å². The standard InChI is InChI=1S/C21H28N4O2/c1-21(10-16-5-6-18-19(9-16)27-15-26-18)7-4-8-25(14-21)13-17-11-22-20(23-12-17)24(2)3/h5-6,9,11-12H,4,7-8,10,13-15H2,1-3H3/t21-/m0/s1. The van der Waals surface area contributed by atoms with E-state index in [9.17, 15) is 0 Å². The van der Waals surface area contributed by atoms with Gasteiger partial charge in [0.1, 0.15) is 0 Å². The number of piperidine rings is 1. The van der Waals surface area contributed by atoms with E-state index in [-0.39, 0.29) is 5.41 Å². The minimum atomic E-state index is 0.260. The Bertz CT molecular complexity index is 793. The molecule has 6 heteroatoms. The Morgan fingerprint density at radius 3 is 2.67 bits per heavy atom. The molecule has 0 bridgehead atoms. The first-order valence-corrected chi connectivity index (χ1v) is 9.60. The van der Waals surface area contributed by atoms with Crippen LogP contribution in [0.1, 0.15) is 30.9 Å². The predicted octanol–water partition coefficient (Wildman–Crippen LogP) is 3.12. The smallest absolute Gasteiger partial charge is 0.231 e. The molecule has 1 atom stereocenters. The molecule has 1 saturated heterocycles. The Labute approximate surface area is 161 Å². The lowest BCUT2D eigenvalue weighted by Gasteiger charge is -2.40. The van der Waals surface area contributed by atoms with Crippen LogP contribution in [-0.2, 0) is 13.0 Å². The van der Waals surface area contributed by atoms with Gasteiger partial charge in [-0.1, -0.05) is 13.0 Å². The summed E-state index contributed by atoms with van der Waals surface area (Å²) in [6, 6.07) is 6.34. The summed E-state index contributed by atoms with van der Waals surface area (Å²) in [6.45, 7) is 5.85. The second-order valence-electron chi connectivity index (χ2n) is 8.27. The Morgan fingerprint density at radius 1 is 1.11 bits per heavy atom. The van der Waals surface area contributed by atoms with Crippen molar-refractivity contribution < 1.29 is 9.47 Å². The third-order valence-electron chi connectivity index (χ3n) is 5.43. The molecule has 2 aliphatic rings. The Hall–Kier alpha value is -2.34. The second-order valence-corrected chi connectivity index (χ2v) is 8.27. The fraction of sp³-hybridized carbons (Fsp3) is 0.524. The van der Waals surface area contributed by atoms with Crippen molar-refractivity contribution in [3.63, 3.8) is 0 Å². The van der Waals surface area contributed by atoms with E-state index in [1.807, 2.05) is 37.5 Å². The minimum absolute atomic E-state index is 0.260. The molecule has 0 spiro atoms. The van der Waals surface area contributed by atoms with Gasteiger partial charge in [-0.15, -0.1) is 0 Å². The van der Waals surface area contributed by atoms with Gasteiger partial charge in [0.25, 0.3) is 0 Å². The molecular weight excluding hydrogens is 340 g/mol. The highest BCUT2D eigenvalue weighted by Gasteiger charge is 2.31. The molecule has 144 valence electrons. The van der Waals surface area contributed by atoms with Gasteiger partial charge >= 0.3 is 0 Å². The topological polar surface area (TPSA) is 50.7 Å². The first-order valence-electron chi connectivity index (χ1n) is 9.60.